The number of nitrogens with zero attached hydrogens (tertiary/aromatic N) is 3. The van der Waals surface area contributed by atoms with Gasteiger partial charge in [-0.1, -0.05) is 24.3 Å². The SMILES string of the molecule is N#Cc1ccc(CN2CCC(NC(=O)c3cc4cc(OC5CCN(Cc6ccc(OC(F)(F)F)cc6)CC5F)ccc4o3)CC2)cc1. The van der Waals surface area contributed by atoms with Gasteiger partial charge in [-0.25, -0.2) is 4.39 Å². The van der Waals surface area contributed by atoms with E-state index in [9.17, 15) is 18.0 Å². The predicted octanol–water partition coefficient (Wildman–Crippen LogP) is 6.59. The third-order valence-electron chi connectivity index (χ3n) is 8.54. The largest absolute Gasteiger partial charge is 0.573 e. The van der Waals surface area contributed by atoms with Crippen LogP contribution in [0, 0.1) is 11.3 Å². The molecular weight excluding hydrogens is 616 g/mol. The van der Waals surface area contributed by atoms with E-state index >= 15 is 4.39 Å². The monoisotopic (exact) mass is 650 g/mol. The van der Waals surface area contributed by atoms with E-state index in [1.807, 2.05) is 29.2 Å². The fourth-order valence-electron chi connectivity index (χ4n) is 6.09. The first kappa shape index (κ1) is 32.3. The van der Waals surface area contributed by atoms with Gasteiger partial charge in [-0.05, 0) is 78.9 Å². The first-order chi connectivity index (χ1) is 22.6. The van der Waals surface area contributed by atoms with Crippen LogP contribution >= 0.6 is 0 Å². The van der Waals surface area contributed by atoms with Crippen molar-refractivity contribution in [3.8, 4) is 17.6 Å². The molecule has 0 radical (unpaired) electrons. The Labute approximate surface area is 269 Å². The highest BCUT2D eigenvalue weighted by atomic mass is 19.4. The molecule has 0 saturated carbocycles. The number of fused-ring (bicyclic) bond motifs is 1. The van der Waals surface area contributed by atoms with Crippen LogP contribution < -0.4 is 14.8 Å². The van der Waals surface area contributed by atoms with Crippen molar-refractivity contribution in [2.45, 2.75) is 57.0 Å². The van der Waals surface area contributed by atoms with Crippen molar-refractivity contribution in [1.82, 2.24) is 15.1 Å². The average Bonchev–Trinajstić information content (AvgIpc) is 3.48. The van der Waals surface area contributed by atoms with Gasteiger partial charge in [0, 0.05) is 50.7 Å². The molecule has 2 atom stereocenters. The number of amides is 1. The summed E-state index contributed by atoms with van der Waals surface area (Å²) in [4.78, 5) is 17.2. The van der Waals surface area contributed by atoms with E-state index in [1.54, 1.807) is 24.3 Å². The lowest BCUT2D eigenvalue weighted by atomic mass is 10.0. The van der Waals surface area contributed by atoms with E-state index in [-0.39, 0.29) is 30.0 Å². The normalized spacial score (nSPS) is 19.7. The van der Waals surface area contributed by atoms with Crippen molar-refractivity contribution in [2.75, 3.05) is 26.2 Å². The van der Waals surface area contributed by atoms with Gasteiger partial charge in [0.2, 0.25) is 0 Å². The maximum Gasteiger partial charge on any atom is 0.573 e. The van der Waals surface area contributed by atoms with Crippen LogP contribution in [-0.2, 0) is 13.1 Å². The van der Waals surface area contributed by atoms with Crippen LogP contribution in [0.15, 0.2) is 77.2 Å². The minimum Gasteiger partial charge on any atom is -0.487 e. The Kier molecular flexibility index (Phi) is 9.66. The number of halogens is 4. The zero-order chi connectivity index (χ0) is 33.0. The Hall–Kier alpha value is -4.60. The number of ether oxygens (including phenoxy) is 2. The molecule has 1 aromatic heterocycles. The van der Waals surface area contributed by atoms with Crippen molar-refractivity contribution < 1.29 is 36.2 Å². The molecule has 0 spiro atoms. The van der Waals surface area contributed by atoms with Crippen LogP contribution in [0.3, 0.4) is 0 Å². The van der Waals surface area contributed by atoms with Crippen LogP contribution in [0.5, 0.6) is 11.5 Å². The van der Waals surface area contributed by atoms with Crippen LogP contribution in [0.4, 0.5) is 17.6 Å². The zero-order valence-electron chi connectivity index (χ0n) is 25.5. The number of likely N-dealkylation sites (tertiary alicyclic amines) is 2. The second-order valence-electron chi connectivity index (χ2n) is 12.0. The lowest BCUT2D eigenvalue weighted by Crippen LogP contribution is -2.46. The van der Waals surface area contributed by atoms with Gasteiger partial charge in [0.25, 0.3) is 5.91 Å². The molecule has 1 amide bonds. The lowest BCUT2D eigenvalue weighted by molar-refractivity contribution is -0.274. The zero-order valence-corrected chi connectivity index (χ0v) is 25.5. The molecule has 8 nitrogen and oxygen atoms in total. The molecule has 1 N–H and O–H groups in total. The third-order valence-corrected chi connectivity index (χ3v) is 8.54. The summed E-state index contributed by atoms with van der Waals surface area (Å²) < 4.78 is 68.1. The Balaban J connectivity index is 0.969. The minimum atomic E-state index is -4.75. The number of nitriles is 1. The first-order valence-electron chi connectivity index (χ1n) is 15.5. The maximum absolute atomic E-state index is 15.1. The number of alkyl halides is 4. The number of furan rings is 1. The molecule has 0 aliphatic carbocycles. The number of nitrogens with one attached hydrogen (secondary N) is 1. The van der Waals surface area contributed by atoms with Gasteiger partial charge in [0.1, 0.15) is 29.4 Å². The van der Waals surface area contributed by atoms with E-state index in [0.29, 0.717) is 41.8 Å². The van der Waals surface area contributed by atoms with Crippen molar-refractivity contribution >= 4 is 16.9 Å². The number of carbonyl (C=O) groups is 1. The summed E-state index contributed by atoms with van der Waals surface area (Å²) >= 11 is 0. The summed E-state index contributed by atoms with van der Waals surface area (Å²) in [5, 5.41) is 12.7. The van der Waals surface area contributed by atoms with Gasteiger partial charge in [-0.15, -0.1) is 13.2 Å². The Morgan fingerprint density at radius 3 is 2.19 bits per heavy atom. The number of hydrogen-bond donors (Lipinski definition) is 1. The lowest BCUT2D eigenvalue weighted by Gasteiger charge is -2.34. The first-order valence-corrected chi connectivity index (χ1v) is 15.5. The van der Waals surface area contributed by atoms with Gasteiger partial charge < -0.3 is 19.2 Å². The van der Waals surface area contributed by atoms with E-state index in [0.717, 1.165) is 43.6 Å². The molecule has 2 unspecified atom stereocenters. The molecule has 47 heavy (non-hydrogen) atoms. The molecule has 3 heterocycles. The molecule has 2 aliphatic rings. The van der Waals surface area contributed by atoms with E-state index in [1.165, 1.54) is 24.3 Å². The Bertz CT molecular complexity index is 1710. The Morgan fingerprint density at radius 1 is 0.894 bits per heavy atom. The van der Waals surface area contributed by atoms with E-state index < -0.39 is 18.6 Å². The van der Waals surface area contributed by atoms with Gasteiger partial charge in [0.15, 0.2) is 5.76 Å². The molecule has 2 saturated heterocycles. The summed E-state index contributed by atoms with van der Waals surface area (Å²) in [6, 6.07) is 22.1. The highest BCUT2D eigenvalue weighted by Gasteiger charge is 2.32. The Morgan fingerprint density at radius 2 is 1.53 bits per heavy atom. The highest BCUT2D eigenvalue weighted by molar-refractivity contribution is 5.96. The molecule has 6 rings (SSSR count). The number of rotatable bonds is 9. The third kappa shape index (κ3) is 8.61. The van der Waals surface area contributed by atoms with Crippen LogP contribution in [0.1, 0.15) is 46.5 Å². The molecule has 0 bridgehead atoms. The maximum atomic E-state index is 15.1. The summed E-state index contributed by atoms with van der Waals surface area (Å²) in [6.07, 6.45) is -4.63. The fraction of sp³-hybridized carbons (Fsp3) is 0.371. The molecule has 246 valence electrons. The number of carbonyl (C=O) groups excluding carboxylic acids is 1. The van der Waals surface area contributed by atoms with Crippen molar-refractivity contribution in [3.05, 3.63) is 95.2 Å². The van der Waals surface area contributed by atoms with Crippen LogP contribution in [-0.4, -0.2) is 66.6 Å². The second kappa shape index (κ2) is 14.0. The van der Waals surface area contributed by atoms with Crippen LogP contribution in [0.25, 0.3) is 11.0 Å². The van der Waals surface area contributed by atoms with Gasteiger partial charge >= 0.3 is 6.36 Å². The van der Waals surface area contributed by atoms with Crippen molar-refractivity contribution in [2.24, 2.45) is 0 Å². The number of piperidine rings is 2. The quantitative estimate of drug-likeness (QED) is 0.205. The van der Waals surface area contributed by atoms with E-state index in [2.05, 4.69) is 21.0 Å². The number of benzene rings is 3. The van der Waals surface area contributed by atoms with Gasteiger partial charge in [-0.2, -0.15) is 5.26 Å². The second-order valence-corrected chi connectivity index (χ2v) is 12.0. The van der Waals surface area contributed by atoms with Crippen molar-refractivity contribution in [1.29, 1.82) is 5.26 Å². The van der Waals surface area contributed by atoms with Crippen molar-refractivity contribution in [3.63, 3.8) is 0 Å². The molecule has 2 aliphatic heterocycles. The fourth-order valence-corrected chi connectivity index (χ4v) is 6.09. The standard InChI is InChI=1S/C35H34F4N4O4/c36-30-22-43(21-25-5-7-28(8-6-25)47-35(37,38)39)16-13-32(30)45-29-9-10-31-26(17-29)18-33(46-31)34(44)41-27-11-14-42(15-12-27)20-24-3-1-23(19-40)2-4-24/h1-10,17-18,27,30,32H,11-16,20-22H2,(H,41,44). The highest BCUT2D eigenvalue weighted by Crippen LogP contribution is 2.29. The minimum absolute atomic E-state index is 0.0296. The average molecular weight is 651 g/mol. The van der Waals surface area contributed by atoms with Crippen LogP contribution in [0.2, 0.25) is 0 Å². The summed E-state index contributed by atoms with van der Waals surface area (Å²) in [6.45, 7) is 3.55. The van der Waals surface area contributed by atoms with Gasteiger partial charge in [0.05, 0.1) is 11.6 Å². The summed E-state index contributed by atoms with van der Waals surface area (Å²) in [7, 11) is 0. The smallest absolute Gasteiger partial charge is 0.487 e. The molecule has 2 fully saturated rings. The molecule has 4 aromatic rings. The summed E-state index contributed by atoms with van der Waals surface area (Å²) in [5.41, 5.74) is 3.07. The number of hydrogen-bond acceptors (Lipinski definition) is 7. The summed E-state index contributed by atoms with van der Waals surface area (Å²) in [5.74, 6) is 0.0915. The van der Waals surface area contributed by atoms with E-state index in [4.69, 9.17) is 14.4 Å². The molecule has 12 heteroatoms. The molecule has 3 aromatic carbocycles. The topological polar surface area (TPSA) is 91.0 Å². The predicted molar refractivity (Wildman–Crippen MR) is 165 cm³/mol. The molecular formula is C35H34F4N4O4. The van der Waals surface area contributed by atoms with Gasteiger partial charge in [-0.3, -0.25) is 14.6 Å².